The fourth-order valence-corrected chi connectivity index (χ4v) is 3.77. The molecule has 3 rings (SSSR count). The average molecular weight is 356 g/mol. The first kappa shape index (κ1) is 18.1. The van der Waals surface area contributed by atoms with E-state index in [0.717, 1.165) is 63.0 Å². The molecule has 0 spiro atoms. The maximum Gasteiger partial charge on any atom is 0.150 e. The summed E-state index contributed by atoms with van der Waals surface area (Å²) in [5.41, 5.74) is 2.02. The van der Waals surface area contributed by atoms with Gasteiger partial charge < -0.3 is 9.42 Å². The third-order valence-corrected chi connectivity index (χ3v) is 5.26. The van der Waals surface area contributed by atoms with Gasteiger partial charge in [0.2, 0.25) is 0 Å². The standard InChI is InChI=1S/C20H25N2O2P/c23-17-19-8-6-18(7-9-19)16-22-12-10-21(11-13-22)14-15-25-24-20-4-2-1-3-5-20/h1-9,17,25H,10-16H2. The van der Waals surface area contributed by atoms with Gasteiger partial charge in [0.05, 0.1) is 8.81 Å². The van der Waals surface area contributed by atoms with Crippen molar-refractivity contribution in [3.63, 3.8) is 0 Å². The summed E-state index contributed by atoms with van der Waals surface area (Å²) in [4.78, 5) is 15.7. The van der Waals surface area contributed by atoms with Crippen LogP contribution >= 0.6 is 8.81 Å². The predicted molar refractivity (Wildman–Crippen MR) is 104 cm³/mol. The third-order valence-electron chi connectivity index (χ3n) is 4.45. The highest BCUT2D eigenvalue weighted by Gasteiger charge is 2.16. The lowest BCUT2D eigenvalue weighted by atomic mass is 10.1. The molecular formula is C20H25N2O2P. The molecule has 2 aromatic carbocycles. The number of hydrogen-bond acceptors (Lipinski definition) is 4. The number of rotatable bonds is 8. The molecule has 0 amide bonds. The first-order valence-corrected chi connectivity index (χ1v) is 9.88. The van der Waals surface area contributed by atoms with Crippen LogP contribution in [-0.4, -0.2) is 55.0 Å². The number of nitrogens with zero attached hydrogens (tertiary/aromatic N) is 2. The maximum atomic E-state index is 10.7. The Bertz CT molecular complexity index is 641. The Morgan fingerprint density at radius 1 is 0.920 bits per heavy atom. The second-order valence-corrected chi connectivity index (χ2v) is 7.28. The van der Waals surface area contributed by atoms with Gasteiger partial charge in [-0.05, 0) is 17.7 Å². The molecule has 25 heavy (non-hydrogen) atoms. The molecule has 0 aliphatic carbocycles. The number of benzene rings is 2. The topological polar surface area (TPSA) is 32.8 Å². The molecule has 5 heteroatoms. The van der Waals surface area contributed by atoms with Gasteiger partial charge in [0.1, 0.15) is 12.0 Å². The number of piperazine rings is 1. The van der Waals surface area contributed by atoms with Crippen molar-refractivity contribution in [1.29, 1.82) is 0 Å². The Balaban J connectivity index is 1.32. The molecule has 1 aliphatic heterocycles. The predicted octanol–water partition coefficient (Wildman–Crippen LogP) is 3.29. The first-order valence-electron chi connectivity index (χ1n) is 8.77. The van der Waals surface area contributed by atoms with Crippen molar-refractivity contribution in [2.75, 3.05) is 38.9 Å². The van der Waals surface area contributed by atoms with Gasteiger partial charge in [-0.15, -0.1) is 0 Å². The van der Waals surface area contributed by atoms with E-state index in [2.05, 4.69) is 21.9 Å². The summed E-state index contributed by atoms with van der Waals surface area (Å²) in [5.74, 6) is 0.964. The van der Waals surface area contributed by atoms with Crippen LogP contribution in [0.25, 0.3) is 0 Å². The summed E-state index contributed by atoms with van der Waals surface area (Å²) in [5, 5.41) is 0. The van der Waals surface area contributed by atoms with E-state index in [4.69, 9.17) is 4.52 Å². The van der Waals surface area contributed by atoms with Crippen molar-refractivity contribution in [3.8, 4) is 5.75 Å². The van der Waals surface area contributed by atoms with Crippen LogP contribution in [0.4, 0.5) is 0 Å². The Hall–Kier alpha value is -1.74. The zero-order chi connectivity index (χ0) is 17.3. The third kappa shape index (κ3) is 5.93. The molecule has 0 N–H and O–H groups in total. The lowest BCUT2D eigenvalue weighted by Crippen LogP contribution is -2.46. The molecule has 0 radical (unpaired) electrons. The van der Waals surface area contributed by atoms with E-state index in [1.165, 1.54) is 5.56 Å². The fourth-order valence-electron chi connectivity index (χ4n) is 2.96. The smallest absolute Gasteiger partial charge is 0.150 e. The summed E-state index contributed by atoms with van der Waals surface area (Å²) in [6, 6.07) is 17.9. The van der Waals surface area contributed by atoms with E-state index in [-0.39, 0.29) is 0 Å². The summed E-state index contributed by atoms with van der Waals surface area (Å²) in [6.07, 6.45) is 1.98. The Kier molecular flexibility index (Phi) is 6.99. The highest BCUT2D eigenvalue weighted by Crippen LogP contribution is 2.20. The molecule has 1 aliphatic rings. The number of hydrogen-bond donors (Lipinski definition) is 0. The van der Waals surface area contributed by atoms with E-state index >= 15 is 0 Å². The summed E-state index contributed by atoms with van der Waals surface area (Å²) < 4.78 is 5.78. The highest BCUT2D eigenvalue weighted by molar-refractivity contribution is 7.32. The SMILES string of the molecule is O=Cc1ccc(CN2CCN(CCPOc3ccccc3)CC2)cc1. The number of aldehydes is 1. The van der Waals surface area contributed by atoms with Crippen LogP contribution in [0, 0.1) is 0 Å². The van der Waals surface area contributed by atoms with Crippen molar-refractivity contribution in [2.45, 2.75) is 6.54 Å². The summed E-state index contributed by atoms with van der Waals surface area (Å²) in [6.45, 7) is 6.49. The van der Waals surface area contributed by atoms with Gasteiger partial charge in [-0.2, -0.15) is 0 Å². The minimum absolute atomic E-state index is 0.520. The largest absolute Gasteiger partial charge is 0.477 e. The van der Waals surface area contributed by atoms with Crippen LogP contribution in [0.1, 0.15) is 15.9 Å². The van der Waals surface area contributed by atoms with Crippen molar-refractivity contribution >= 4 is 15.1 Å². The Morgan fingerprint density at radius 2 is 1.60 bits per heavy atom. The molecule has 1 unspecified atom stereocenters. The van der Waals surface area contributed by atoms with Crippen LogP contribution < -0.4 is 4.52 Å². The van der Waals surface area contributed by atoms with Gasteiger partial charge in [-0.3, -0.25) is 9.69 Å². The summed E-state index contributed by atoms with van der Waals surface area (Å²) in [7, 11) is 0.520. The molecule has 132 valence electrons. The van der Waals surface area contributed by atoms with Gasteiger partial charge >= 0.3 is 0 Å². The molecule has 4 nitrogen and oxygen atoms in total. The van der Waals surface area contributed by atoms with E-state index in [0.29, 0.717) is 8.81 Å². The van der Waals surface area contributed by atoms with Crippen LogP contribution in [0.2, 0.25) is 0 Å². The van der Waals surface area contributed by atoms with Crippen molar-refractivity contribution in [2.24, 2.45) is 0 Å². The van der Waals surface area contributed by atoms with Gasteiger partial charge in [-0.1, -0.05) is 42.5 Å². The summed E-state index contributed by atoms with van der Waals surface area (Å²) >= 11 is 0. The normalized spacial score (nSPS) is 16.3. The van der Waals surface area contributed by atoms with Crippen LogP contribution in [0.15, 0.2) is 54.6 Å². The number of carbonyl (C=O) groups is 1. The van der Waals surface area contributed by atoms with Crippen molar-refractivity contribution in [3.05, 3.63) is 65.7 Å². The second-order valence-electron chi connectivity index (χ2n) is 6.29. The van der Waals surface area contributed by atoms with E-state index in [9.17, 15) is 4.79 Å². The van der Waals surface area contributed by atoms with Gasteiger partial charge in [0, 0.05) is 51.0 Å². The molecule has 2 aromatic rings. The highest BCUT2D eigenvalue weighted by atomic mass is 31.1. The van der Waals surface area contributed by atoms with Crippen LogP contribution in [0.3, 0.4) is 0 Å². The molecule has 0 saturated carbocycles. The molecule has 1 heterocycles. The van der Waals surface area contributed by atoms with Gasteiger partial charge in [0.15, 0.2) is 0 Å². The molecular weight excluding hydrogens is 331 g/mol. The average Bonchev–Trinajstić information content (AvgIpc) is 2.68. The first-order chi connectivity index (χ1) is 12.3. The van der Waals surface area contributed by atoms with Crippen LogP contribution in [-0.2, 0) is 6.54 Å². The second kappa shape index (κ2) is 9.67. The Morgan fingerprint density at radius 3 is 2.28 bits per heavy atom. The molecule has 1 saturated heterocycles. The lowest BCUT2D eigenvalue weighted by molar-refractivity contribution is 0.112. The van der Waals surface area contributed by atoms with E-state index in [1.807, 2.05) is 42.5 Å². The maximum absolute atomic E-state index is 10.7. The quantitative estimate of drug-likeness (QED) is 0.413. The molecule has 0 aromatic heterocycles. The van der Waals surface area contributed by atoms with E-state index < -0.39 is 0 Å². The zero-order valence-corrected chi connectivity index (χ0v) is 15.4. The molecule has 1 atom stereocenters. The minimum atomic E-state index is 0.520. The minimum Gasteiger partial charge on any atom is -0.477 e. The fraction of sp³-hybridized carbons (Fsp3) is 0.350. The van der Waals surface area contributed by atoms with Gasteiger partial charge in [0.25, 0.3) is 0 Å². The monoisotopic (exact) mass is 356 g/mol. The van der Waals surface area contributed by atoms with Gasteiger partial charge in [-0.25, -0.2) is 0 Å². The number of carbonyl (C=O) groups excluding carboxylic acids is 1. The zero-order valence-electron chi connectivity index (χ0n) is 14.4. The number of para-hydroxylation sites is 1. The Labute approximate surface area is 151 Å². The lowest BCUT2D eigenvalue weighted by Gasteiger charge is -2.34. The van der Waals surface area contributed by atoms with E-state index in [1.54, 1.807) is 0 Å². The van der Waals surface area contributed by atoms with Crippen molar-refractivity contribution in [1.82, 2.24) is 9.80 Å². The van der Waals surface area contributed by atoms with Crippen LogP contribution in [0.5, 0.6) is 5.75 Å². The molecule has 1 fully saturated rings. The molecule has 0 bridgehead atoms. The van der Waals surface area contributed by atoms with Crippen molar-refractivity contribution < 1.29 is 9.32 Å².